The summed E-state index contributed by atoms with van der Waals surface area (Å²) in [6.45, 7) is 2.01. The number of primary sulfonamides is 1. The molecular formula is C20H19N3O4S. The zero-order valence-electron chi connectivity index (χ0n) is 15.1. The molecule has 0 aliphatic carbocycles. The zero-order valence-corrected chi connectivity index (χ0v) is 15.9. The van der Waals surface area contributed by atoms with Gasteiger partial charge in [0.15, 0.2) is 0 Å². The van der Waals surface area contributed by atoms with Crippen LogP contribution in [0.5, 0.6) is 0 Å². The van der Waals surface area contributed by atoms with E-state index in [9.17, 15) is 18.0 Å². The van der Waals surface area contributed by atoms with Crippen LogP contribution in [0.4, 0.5) is 0 Å². The minimum atomic E-state index is -3.82. The molecule has 8 heteroatoms. The van der Waals surface area contributed by atoms with Crippen molar-refractivity contribution in [2.24, 2.45) is 5.14 Å². The second-order valence-corrected chi connectivity index (χ2v) is 7.92. The van der Waals surface area contributed by atoms with Crippen molar-refractivity contribution < 1.29 is 13.2 Å². The van der Waals surface area contributed by atoms with Gasteiger partial charge in [-0.1, -0.05) is 35.9 Å². The van der Waals surface area contributed by atoms with E-state index in [1.165, 1.54) is 24.3 Å². The van der Waals surface area contributed by atoms with Gasteiger partial charge < -0.3 is 10.3 Å². The van der Waals surface area contributed by atoms with E-state index >= 15 is 0 Å². The Balaban J connectivity index is 1.76. The Kier molecular flexibility index (Phi) is 5.43. The van der Waals surface area contributed by atoms with Gasteiger partial charge in [0.25, 0.3) is 11.5 Å². The summed E-state index contributed by atoms with van der Waals surface area (Å²) in [5, 5.41) is 7.71. The molecule has 0 saturated heterocycles. The van der Waals surface area contributed by atoms with Gasteiger partial charge in [-0.15, -0.1) is 0 Å². The number of aromatic nitrogens is 1. The minimum absolute atomic E-state index is 0.0287. The fourth-order valence-electron chi connectivity index (χ4n) is 2.74. The van der Waals surface area contributed by atoms with Crippen LogP contribution in [0.1, 0.15) is 21.5 Å². The number of aryl methyl sites for hydroxylation is 1. The van der Waals surface area contributed by atoms with Crippen LogP contribution in [0.2, 0.25) is 0 Å². The molecule has 3 aromatic rings. The summed E-state index contributed by atoms with van der Waals surface area (Å²) in [6.07, 6.45) is 0. The first-order valence-electron chi connectivity index (χ1n) is 8.44. The van der Waals surface area contributed by atoms with E-state index in [0.29, 0.717) is 11.3 Å². The number of carbonyl (C=O) groups is 1. The van der Waals surface area contributed by atoms with Crippen molar-refractivity contribution in [3.8, 4) is 11.3 Å². The molecule has 1 heterocycles. The molecule has 2 aromatic carbocycles. The second kappa shape index (κ2) is 7.79. The summed E-state index contributed by atoms with van der Waals surface area (Å²) >= 11 is 0. The van der Waals surface area contributed by atoms with Crippen LogP contribution >= 0.6 is 0 Å². The number of aromatic amines is 1. The smallest absolute Gasteiger partial charge is 0.261 e. The number of rotatable bonds is 5. The number of H-pyrrole nitrogens is 1. The maximum Gasteiger partial charge on any atom is 0.261 e. The lowest BCUT2D eigenvalue weighted by Crippen LogP contribution is -2.29. The SMILES string of the molecule is Cc1cccc(-c2ccc(C(=O)NCc3cccc(S(N)(=O)=O)c3)c(=O)[nH]2)c1. The lowest BCUT2D eigenvalue weighted by Gasteiger charge is -2.08. The standard InChI is InChI=1S/C20H19N3O4S/c1-13-4-2-6-15(10-13)18-9-8-17(20(25)23-18)19(24)22-12-14-5-3-7-16(11-14)28(21,26)27/h2-11H,12H2,1H3,(H,22,24)(H,23,25)(H2,21,26,27). The second-order valence-electron chi connectivity index (χ2n) is 6.36. The molecule has 1 aromatic heterocycles. The van der Waals surface area contributed by atoms with Crippen LogP contribution in [0, 0.1) is 6.92 Å². The van der Waals surface area contributed by atoms with Gasteiger partial charge in [0.2, 0.25) is 10.0 Å². The fraction of sp³-hybridized carbons (Fsp3) is 0.100. The van der Waals surface area contributed by atoms with Crippen LogP contribution in [-0.4, -0.2) is 19.3 Å². The number of nitrogens with two attached hydrogens (primary N) is 1. The van der Waals surface area contributed by atoms with E-state index in [2.05, 4.69) is 10.3 Å². The highest BCUT2D eigenvalue weighted by Gasteiger charge is 2.13. The quantitative estimate of drug-likeness (QED) is 0.609. The van der Waals surface area contributed by atoms with E-state index in [4.69, 9.17) is 5.14 Å². The average molecular weight is 397 g/mol. The monoisotopic (exact) mass is 397 g/mol. The highest BCUT2D eigenvalue weighted by atomic mass is 32.2. The lowest BCUT2D eigenvalue weighted by atomic mass is 10.1. The number of pyridine rings is 1. The molecule has 1 amide bonds. The summed E-state index contributed by atoms with van der Waals surface area (Å²) in [7, 11) is -3.82. The van der Waals surface area contributed by atoms with E-state index < -0.39 is 21.5 Å². The van der Waals surface area contributed by atoms with Crippen molar-refractivity contribution in [3.05, 3.63) is 87.7 Å². The molecule has 0 saturated carbocycles. The van der Waals surface area contributed by atoms with Crippen molar-refractivity contribution >= 4 is 15.9 Å². The van der Waals surface area contributed by atoms with Crippen molar-refractivity contribution in [1.29, 1.82) is 0 Å². The Morgan fingerprint density at radius 2 is 1.82 bits per heavy atom. The fourth-order valence-corrected chi connectivity index (χ4v) is 3.33. The van der Waals surface area contributed by atoms with Gasteiger partial charge in [-0.2, -0.15) is 0 Å². The zero-order chi connectivity index (χ0) is 20.3. The number of nitrogens with one attached hydrogen (secondary N) is 2. The van der Waals surface area contributed by atoms with E-state index in [-0.39, 0.29) is 17.0 Å². The maximum atomic E-state index is 12.3. The van der Waals surface area contributed by atoms with Crippen LogP contribution in [0.25, 0.3) is 11.3 Å². The summed E-state index contributed by atoms with van der Waals surface area (Å²) in [5.74, 6) is -0.557. The minimum Gasteiger partial charge on any atom is -0.348 e. The van der Waals surface area contributed by atoms with Crippen LogP contribution in [0.3, 0.4) is 0 Å². The molecule has 0 aliphatic heterocycles. The molecule has 0 bridgehead atoms. The Hall–Kier alpha value is -3.23. The van der Waals surface area contributed by atoms with E-state index in [1.807, 2.05) is 31.2 Å². The molecule has 144 valence electrons. The molecule has 4 N–H and O–H groups in total. The van der Waals surface area contributed by atoms with Gasteiger partial charge in [0.1, 0.15) is 5.56 Å². The highest BCUT2D eigenvalue weighted by molar-refractivity contribution is 7.89. The van der Waals surface area contributed by atoms with Crippen LogP contribution in [0.15, 0.2) is 70.4 Å². The molecule has 0 atom stereocenters. The first-order valence-corrected chi connectivity index (χ1v) is 9.99. The Morgan fingerprint density at radius 1 is 1.07 bits per heavy atom. The molecule has 0 fully saturated rings. The Bertz CT molecular complexity index is 1200. The summed E-state index contributed by atoms with van der Waals surface area (Å²) in [6, 6.07) is 16.7. The first kappa shape index (κ1) is 19.5. The molecule has 7 nitrogen and oxygen atoms in total. The largest absolute Gasteiger partial charge is 0.348 e. The highest BCUT2D eigenvalue weighted by Crippen LogP contribution is 2.17. The van der Waals surface area contributed by atoms with Crippen LogP contribution in [-0.2, 0) is 16.6 Å². The van der Waals surface area contributed by atoms with Gasteiger partial charge in [-0.05, 0) is 48.4 Å². The molecule has 0 aliphatic rings. The van der Waals surface area contributed by atoms with E-state index in [0.717, 1.165) is 11.1 Å². The number of benzene rings is 2. The molecule has 0 unspecified atom stereocenters. The first-order chi connectivity index (χ1) is 13.2. The van der Waals surface area contributed by atoms with Crippen molar-refractivity contribution in [3.63, 3.8) is 0 Å². The number of carbonyl (C=O) groups excluding carboxylic acids is 1. The molecule has 3 rings (SSSR count). The third-order valence-corrected chi connectivity index (χ3v) is 5.07. The summed E-state index contributed by atoms with van der Waals surface area (Å²) in [5.41, 5.74) is 2.54. The molecular weight excluding hydrogens is 378 g/mol. The lowest BCUT2D eigenvalue weighted by molar-refractivity contribution is 0.0949. The maximum absolute atomic E-state index is 12.3. The molecule has 0 spiro atoms. The van der Waals surface area contributed by atoms with Crippen molar-refractivity contribution in [1.82, 2.24) is 10.3 Å². The molecule has 0 radical (unpaired) electrons. The van der Waals surface area contributed by atoms with Crippen LogP contribution < -0.4 is 16.0 Å². The Morgan fingerprint density at radius 3 is 2.50 bits per heavy atom. The topological polar surface area (TPSA) is 122 Å². The number of amides is 1. The third-order valence-electron chi connectivity index (χ3n) is 4.16. The Labute approximate surface area is 162 Å². The molecule has 28 heavy (non-hydrogen) atoms. The normalized spacial score (nSPS) is 11.2. The van der Waals surface area contributed by atoms with Gasteiger partial charge in [-0.3, -0.25) is 9.59 Å². The predicted octanol–water partition coefficient (Wildman–Crippen LogP) is 1.93. The van der Waals surface area contributed by atoms with Crippen molar-refractivity contribution in [2.45, 2.75) is 18.4 Å². The van der Waals surface area contributed by atoms with Crippen molar-refractivity contribution in [2.75, 3.05) is 0 Å². The van der Waals surface area contributed by atoms with E-state index in [1.54, 1.807) is 12.1 Å². The van der Waals surface area contributed by atoms with Gasteiger partial charge >= 0.3 is 0 Å². The third kappa shape index (κ3) is 4.54. The summed E-state index contributed by atoms with van der Waals surface area (Å²) < 4.78 is 22.8. The number of sulfonamides is 1. The average Bonchev–Trinajstić information content (AvgIpc) is 2.65. The van der Waals surface area contributed by atoms with Gasteiger partial charge in [0.05, 0.1) is 4.90 Å². The van der Waals surface area contributed by atoms with Gasteiger partial charge in [0, 0.05) is 12.2 Å². The van der Waals surface area contributed by atoms with Gasteiger partial charge in [-0.25, -0.2) is 13.6 Å². The number of hydrogen-bond acceptors (Lipinski definition) is 4. The predicted molar refractivity (Wildman–Crippen MR) is 106 cm³/mol. The number of hydrogen-bond donors (Lipinski definition) is 3. The summed E-state index contributed by atoms with van der Waals surface area (Å²) in [4.78, 5) is 27.3.